The number of fused-ring (bicyclic) bond motifs is 2. The number of methoxy groups -OCH3 is 1. The molecule has 0 fully saturated rings. The van der Waals surface area contributed by atoms with Crippen molar-refractivity contribution < 1.29 is 14.6 Å². The van der Waals surface area contributed by atoms with Crippen LogP contribution in [0.4, 0.5) is 0 Å². The molecule has 198 valence electrons. The highest BCUT2D eigenvalue weighted by molar-refractivity contribution is 5.82. The number of hydrogen-bond donors (Lipinski definition) is 1. The van der Waals surface area contributed by atoms with E-state index in [1.807, 2.05) is 30.6 Å². The Labute approximate surface area is 229 Å². The van der Waals surface area contributed by atoms with Crippen molar-refractivity contribution in [3.05, 3.63) is 114 Å². The summed E-state index contributed by atoms with van der Waals surface area (Å²) in [6.07, 6.45) is 1.78. The number of hydrogen-bond acceptors (Lipinski definition) is 5. The van der Waals surface area contributed by atoms with E-state index in [-0.39, 0.29) is 0 Å². The van der Waals surface area contributed by atoms with Gasteiger partial charge in [0.1, 0.15) is 17.6 Å². The Kier molecular flexibility index (Phi) is 7.05. The Hall–Kier alpha value is -4.13. The first-order valence-corrected chi connectivity index (χ1v) is 13.4. The van der Waals surface area contributed by atoms with Gasteiger partial charge in [-0.25, -0.2) is 4.98 Å². The van der Waals surface area contributed by atoms with Gasteiger partial charge in [0.05, 0.1) is 24.5 Å². The zero-order valence-corrected chi connectivity index (χ0v) is 22.3. The first-order chi connectivity index (χ1) is 19.1. The highest BCUT2D eigenvalue weighted by Crippen LogP contribution is 2.29. The maximum Gasteiger partial charge on any atom is 0.178 e. The van der Waals surface area contributed by atoms with Crippen molar-refractivity contribution in [3.63, 3.8) is 0 Å². The summed E-state index contributed by atoms with van der Waals surface area (Å²) in [6.45, 7) is 4.14. The largest absolute Gasteiger partial charge is 0.497 e. The van der Waals surface area contributed by atoms with Crippen LogP contribution in [0.1, 0.15) is 23.6 Å². The van der Waals surface area contributed by atoms with Crippen LogP contribution in [0, 0.1) is 0 Å². The fraction of sp³-hybridized carbons (Fsp3) is 0.242. The van der Waals surface area contributed by atoms with Crippen molar-refractivity contribution in [2.24, 2.45) is 0 Å². The van der Waals surface area contributed by atoms with Gasteiger partial charge in [0.15, 0.2) is 6.23 Å². The third kappa shape index (κ3) is 5.39. The molecule has 1 aliphatic rings. The van der Waals surface area contributed by atoms with Crippen LogP contribution < -0.4 is 9.47 Å². The minimum absolute atomic E-state index is 0.429. The third-order valence-electron chi connectivity index (χ3n) is 7.49. The molecule has 2 heterocycles. The molecule has 4 aromatic carbocycles. The fourth-order valence-corrected chi connectivity index (χ4v) is 5.39. The van der Waals surface area contributed by atoms with E-state index in [0.29, 0.717) is 0 Å². The van der Waals surface area contributed by atoms with Crippen LogP contribution in [0.2, 0.25) is 0 Å². The molecule has 1 aromatic heterocycles. The molecule has 39 heavy (non-hydrogen) atoms. The quantitative estimate of drug-likeness (QED) is 0.276. The van der Waals surface area contributed by atoms with E-state index in [1.54, 1.807) is 14.0 Å². The minimum atomic E-state index is -0.637. The normalized spacial score (nSPS) is 15.1. The standard InChI is InChI=1S/C33H33N3O3/c1-23(37)33(35-17-16-25-6-3-4-7-28(25)21-35)39-30-9-5-8-26(18-30)27-12-15-31-32(19-27)36(22-34-31)20-24-10-13-29(38-2)14-11-24/h3-15,18-19,22-23,33,37H,16-17,20-21H2,1-2H3. The van der Waals surface area contributed by atoms with Gasteiger partial charge in [-0.1, -0.05) is 54.6 Å². The second-order valence-corrected chi connectivity index (χ2v) is 10.2. The molecule has 1 N–H and O–H groups in total. The SMILES string of the molecule is COc1ccc(Cn2cnc3ccc(-c4cccc(OC(C(C)O)N5CCc6ccccc6C5)c4)cc32)cc1. The zero-order valence-electron chi connectivity index (χ0n) is 22.3. The summed E-state index contributed by atoms with van der Waals surface area (Å²) in [5.74, 6) is 1.59. The second-order valence-electron chi connectivity index (χ2n) is 10.2. The Morgan fingerprint density at radius 1 is 0.872 bits per heavy atom. The van der Waals surface area contributed by atoms with Crippen LogP contribution in [-0.4, -0.2) is 45.5 Å². The lowest BCUT2D eigenvalue weighted by molar-refractivity contribution is -0.0646. The van der Waals surface area contributed by atoms with Crippen molar-refractivity contribution in [3.8, 4) is 22.6 Å². The average Bonchev–Trinajstić information content (AvgIpc) is 3.38. The number of nitrogens with zero attached hydrogens (tertiary/aromatic N) is 3. The summed E-state index contributed by atoms with van der Waals surface area (Å²) in [5, 5.41) is 10.7. The Balaban J connectivity index is 1.23. The number of rotatable bonds is 8. The third-order valence-corrected chi connectivity index (χ3v) is 7.49. The second kappa shape index (κ2) is 10.9. The lowest BCUT2D eigenvalue weighted by Gasteiger charge is -2.37. The molecule has 2 unspecified atom stereocenters. The van der Waals surface area contributed by atoms with Gasteiger partial charge in [-0.15, -0.1) is 0 Å². The summed E-state index contributed by atoms with van der Waals surface area (Å²) < 4.78 is 13.9. The predicted octanol–water partition coefficient (Wildman–Crippen LogP) is 5.90. The van der Waals surface area contributed by atoms with Gasteiger partial charge in [-0.2, -0.15) is 0 Å². The number of ether oxygens (including phenoxy) is 2. The van der Waals surface area contributed by atoms with Gasteiger partial charge in [-0.3, -0.25) is 4.90 Å². The number of aliphatic hydroxyl groups is 1. The number of benzene rings is 4. The highest BCUT2D eigenvalue weighted by Gasteiger charge is 2.28. The predicted molar refractivity (Wildman–Crippen MR) is 154 cm³/mol. The molecular formula is C33H33N3O3. The lowest BCUT2D eigenvalue weighted by Crippen LogP contribution is -2.48. The molecule has 0 spiro atoms. The maximum absolute atomic E-state index is 10.7. The molecule has 0 bridgehead atoms. The van der Waals surface area contributed by atoms with E-state index in [2.05, 4.69) is 81.2 Å². The molecule has 5 aromatic rings. The van der Waals surface area contributed by atoms with Gasteiger partial charge >= 0.3 is 0 Å². The van der Waals surface area contributed by atoms with Gasteiger partial charge in [0.25, 0.3) is 0 Å². The molecule has 6 heteroatoms. The maximum atomic E-state index is 10.7. The van der Waals surface area contributed by atoms with Crippen molar-refractivity contribution in [1.82, 2.24) is 14.5 Å². The molecule has 0 saturated carbocycles. The van der Waals surface area contributed by atoms with Crippen molar-refractivity contribution in [1.29, 1.82) is 0 Å². The van der Waals surface area contributed by atoms with E-state index in [4.69, 9.17) is 9.47 Å². The minimum Gasteiger partial charge on any atom is -0.497 e. The Morgan fingerprint density at radius 2 is 1.67 bits per heavy atom. The lowest BCUT2D eigenvalue weighted by atomic mass is 9.99. The summed E-state index contributed by atoms with van der Waals surface area (Å²) in [5.41, 5.74) is 8.03. The Morgan fingerprint density at radius 3 is 2.46 bits per heavy atom. The van der Waals surface area contributed by atoms with Gasteiger partial charge in [0.2, 0.25) is 0 Å². The van der Waals surface area contributed by atoms with Crippen LogP contribution in [-0.2, 0) is 19.5 Å². The first kappa shape index (κ1) is 25.2. The number of aromatic nitrogens is 2. The topological polar surface area (TPSA) is 59.8 Å². The molecule has 6 nitrogen and oxygen atoms in total. The number of aliphatic hydroxyl groups excluding tert-OH is 1. The molecule has 0 saturated heterocycles. The summed E-state index contributed by atoms with van der Waals surface area (Å²) in [6, 6.07) is 31.1. The summed E-state index contributed by atoms with van der Waals surface area (Å²) in [4.78, 5) is 6.83. The highest BCUT2D eigenvalue weighted by atomic mass is 16.5. The average molecular weight is 520 g/mol. The zero-order chi connectivity index (χ0) is 26.8. The van der Waals surface area contributed by atoms with Crippen molar-refractivity contribution >= 4 is 11.0 Å². The van der Waals surface area contributed by atoms with Gasteiger partial charge in [0, 0.05) is 19.6 Å². The number of imidazole rings is 1. The smallest absolute Gasteiger partial charge is 0.178 e. The van der Waals surface area contributed by atoms with Gasteiger partial charge in [-0.05, 0) is 77.6 Å². The van der Waals surface area contributed by atoms with E-state index in [9.17, 15) is 5.11 Å². The first-order valence-electron chi connectivity index (χ1n) is 13.4. The van der Waals surface area contributed by atoms with Crippen LogP contribution in [0.3, 0.4) is 0 Å². The molecule has 6 rings (SSSR count). The molecule has 2 atom stereocenters. The van der Waals surface area contributed by atoms with Crippen LogP contribution in [0.25, 0.3) is 22.2 Å². The van der Waals surface area contributed by atoms with Crippen LogP contribution in [0.5, 0.6) is 11.5 Å². The van der Waals surface area contributed by atoms with Gasteiger partial charge < -0.3 is 19.1 Å². The molecular weight excluding hydrogens is 486 g/mol. The summed E-state index contributed by atoms with van der Waals surface area (Å²) >= 11 is 0. The molecule has 0 amide bonds. The molecule has 0 aliphatic carbocycles. The van der Waals surface area contributed by atoms with Crippen LogP contribution >= 0.6 is 0 Å². The van der Waals surface area contributed by atoms with E-state index in [0.717, 1.165) is 59.7 Å². The summed E-state index contributed by atoms with van der Waals surface area (Å²) in [7, 11) is 1.68. The fourth-order valence-electron chi connectivity index (χ4n) is 5.39. The van der Waals surface area contributed by atoms with Crippen molar-refractivity contribution in [2.45, 2.75) is 38.8 Å². The monoisotopic (exact) mass is 519 g/mol. The molecule has 1 aliphatic heterocycles. The van der Waals surface area contributed by atoms with E-state index < -0.39 is 12.3 Å². The van der Waals surface area contributed by atoms with E-state index >= 15 is 0 Å². The molecule has 0 radical (unpaired) electrons. The van der Waals surface area contributed by atoms with Crippen molar-refractivity contribution in [2.75, 3.05) is 13.7 Å². The Bertz CT molecular complexity index is 1580. The van der Waals surface area contributed by atoms with E-state index in [1.165, 1.54) is 16.7 Å². The van der Waals surface area contributed by atoms with Crippen LogP contribution in [0.15, 0.2) is 97.3 Å².